The van der Waals surface area contributed by atoms with Crippen LogP contribution in [0, 0.1) is 11.3 Å². The van der Waals surface area contributed by atoms with Crippen LogP contribution in [0.25, 0.3) is 11.3 Å². The quantitative estimate of drug-likeness (QED) is 0.471. The van der Waals surface area contributed by atoms with Crippen LogP contribution in [0.4, 0.5) is 0 Å². The zero-order chi connectivity index (χ0) is 17.5. The van der Waals surface area contributed by atoms with Crippen molar-refractivity contribution in [2.75, 3.05) is 20.0 Å². The lowest BCUT2D eigenvalue weighted by Crippen LogP contribution is -2.14. The molecule has 2 aromatic rings. The molecule has 0 bridgehead atoms. The summed E-state index contributed by atoms with van der Waals surface area (Å²) in [7, 11) is 1.57. The van der Waals surface area contributed by atoms with Crippen molar-refractivity contribution in [3.05, 3.63) is 34.1 Å². The number of ether oxygens (including phenoxy) is 2. The average molecular weight is 345 g/mol. The van der Waals surface area contributed by atoms with Crippen molar-refractivity contribution in [1.29, 1.82) is 5.26 Å². The molecule has 0 saturated carbocycles. The molecule has 0 spiro atoms. The molecule has 24 heavy (non-hydrogen) atoms. The maximum atomic E-state index is 12.1. The van der Waals surface area contributed by atoms with E-state index in [9.17, 15) is 10.1 Å². The van der Waals surface area contributed by atoms with E-state index in [0.29, 0.717) is 34.5 Å². The number of unbranched alkanes of at least 4 members (excludes halogenated alkanes) is 1. The van der Waals surface area contributed by atoms with E-state index in [4.69, 9.17) is 9.47 Å². The topological polar surface area (TPSA) is 88.0 Å². The lowest BCUT2D eigenvalue weighted by Gasteiger charge is -2.12. The Morgan fingerprint density at radius 2 is 2.17 bits per heavy atom. The second-order valence-corrected chi connectivity index (χ2v) is 5.77. The van der Waals surface area contributed by atoms with E-state index < -0.39 is 5.56 Å². The van der Waals surface area contributed by atoms with Crippen molar-refractivity contribution in [1.82, 2.24) is 9.97 Å². The van der Waals surface area contributed by atoms with E-state index >= 15 is 0 Å². The molecule has 0 aliphatic carbocycles. The van der Waals surface area contributed by atoms with Crippen LogP contribution < -0.4 is 15.0 Å². The van der Waals surface area contributed by atoms with Crippen LogP contribution >= 0.6 is 11.8 Å². The van der Waals surface area contributed by atoms with E-state index in [-0.39, 0.29) is 5.56 Å². The minimum Gasteiger partial charge on any atom is -0.493 e. The van der Waals surface area contributed by atoms with Gasteiger partial charge < -0.3 is 14.5 Å². The first kappa shape index (κ1) is 17.9. The van der Waals surface area contributed by atoms with Gasteiger partial charge in [0, 0.05) is 5.56 Å². The Balaban J connectivity index is 2.53. The molecular formula is C17H19N3O3S. The fourth-order valence-electron chi connectivity index (χ4n) is 2.13. The summed E-state index contributed by atoms with van der Waals surface area (Å²) in [6.07, 6.45) is 3.76. The zero-order valence-corrected chi connectivity index (χ0v) is 14.7. The van der Waals surface area contributed by atoms with Gasteiger partial charge in [-0.1, -0.05) is 25.1 Å². The summed E-state index contributed by atoms with van der Waals surface area (Å²) in [5.41, 5.74) is 0.516. The Labute approximate surface area is 144 Å². The van der Waals surface area contributed by atoms with E-state index in [1.54, 1.807) is 31.6 Å². The highest BCUT2D eigenvalue weighted by Gasteiger charge is 2.15. The number of rotatable bonds is 7. The van der Waals surface area contributed by atoms with Crippen LogP contribution in [-0.4, -0.2) is 29.9 Å². The minimum atomic E-state index is -0.448. The number of aromatic amines is 1. The van der Waals surface area contributed by atoms with Crippen LogP contribution in [0.3, 0.4) is 0 Å². The fraction of sp³-hybridized carbons (Fsp3) is 0.353. The Hall–Kier alpha value is -2.46. The summed E-state index contributed by atoms with van der Waals surface area (Å²) in [5, 5.41) is 9.75. The summed E-state index contributed by atoms with van der Waals surface area (Å²) in [6, 6.07) is 7.19. The van der Waals surface area contributed by atoms with Crippen LogP contribution in [0.2, 0.25) is 0 Å². The van der Waals surface area contributed by atoms with Gasteiger partial charge in [0.15, 0.2) is 16.7 Å². The number of H-pyrrole nitrogens is 1. The first-order chi connectivity index (χ1) is 11.6. The number of benzene rings is 1. The number of methoxy groups -OCH3 is 1. The second-order valence-electron chi connectivity index (χ2n) is 4.98. The van der Waals surface area contributed by atoms with E-state index in [1.165, 1.54) is 11.8 Å². The van der Waals surface area contributed by atoms with Gasteiger partial charge in [0.05, 0.1) is 19.4 Å². The number of nitriles is 1. The molecule has 0 saturated heterocycles. The number of hydrogen-bond acceptors (Lipinski definition) is 6. The molecule has 1 aromatic carbocycles. The average Bonchev–Trinajstić information content (AvgIpc) is 2.61. The van der Waals surface area contributed by atoms with Crippen molar-refractivity contribution in [3.8, 4) is 28.8 Å². The second kappa shape index (κ2) is 8.41. The first-order valence-electron chi connectivity index (χ1n) is 7.54. The highest BCUT2D eigenvalue weighted by atomic mass is 32.2. The molecule has 0 amide bonds. The maximum Gasteiger partial charge on any atom is 0.270 e. The van der Waals surface area contributed by atoms with E-state index in [1.807, 2.05) is 6.07 Å². The predicted octanol–water partition coefficient (Wildman–Crippen LogP) is 3.22. The molecule has 7 heteroatoms. The van der Waals surface area contributed by atoms with Crippen LogP contribution in [0.5, 0.6) is 11.5 Å². The Morgan fingerprint density at radius 3 is 2.79 bits per heavy atom. The van der Waals surface area contributed by atoms with Crippen molar-refractivity contribution in [3.63, 3.8) is 0 Å². The van der Waals surface area contributed by atoms with Gasteiger partial charge in [0.2, 0.25) is 0 Å². The van der Waals surface area contributed by atoms with Crippen LogP contribution in [0.1, 0.15) is 25.3 Å². The van der Waals surface area contributed by atoms with Gasteiger partial charge in [0.25, 0.3) is 5.56 Å². The highest BCUT2D eigenvalue weighted by Crippen LogP contribution is 2.33. The summed E-state index contributed by atoms with van der Waals surface area (Å²) in [5.74, 6) is 1.17. The Morgan fingerprint density at radius 1 is 1.38 bits per heavy atom. The molecule has 1 aromatic heterocycles. The molecule has 0 aliphatic heterocycles. The molecule has 0 aliphatic rings. The van der Waals surface area contributed by atoms with Gasteiger partial charge in [-0.05, 0) is 30.9 Å². The first-order valence-corrected chi connectivity index (χ1v) is 8.76. The van der Waals surface area contributed by atoms with Gasteiger partial charge in [-0.3, -0.25) is 4.79 Å². The monoisotopic (exact) mass is 345 g/mol. The fourth-order valence-corrected chi connectivity index (χ4v) is 2.50. The van der Waals surface area contributed by atoms with Gasteiger partial charge in [-0.15, -0.1) is 0 Å². The Kier molecular flexibility index (Phi) is 6.27. The van der Waals surface area contributed by atoms with Crippen LogP contribution in [0.15, 0.2) is 28.2 Å². The largest absolute Gasteiger partial charge is 0.493 e. The molecular weight excluding hydrogens is 326 g/mol. The van der Waals surface area contributed by atoms with Crippen molar-refractivity contribution in [2.45, 2.75) is 24.9 Å². The number of nitrogens with zero attached hydrogens (tertiary/aromatic N) is 2. The smallest absolute Gasteiger partial charge is 0.270 e. The molecule has 1 N–H and O–H groups in total. The molecule has 0 fully saturated rings. The lowest BCUT2D eigenvalue weighted by atomic mass is 10.1. The molecule has 0 radical (unpaired) electrons. The Bertz CT molecular complexity index is 812. The van der Waals surface area contributed by atoms with Gasteiger partial charge >= 0.3 is 0 Å². The van der Waals surface area contributed by atoms with Crippen molar-refractivity contribution >= 4 is 11.8 Å². The predicted molar refractivity (Wildman–Crippen MR) is 93.7 cm³/mol. The standard InChI is InChI=1S/C17H19N3O3S/c1-4-5-8-23-14-9-11(6-7-13(14)22-2)15-12(10-18)16(21)20-17(19-15)24-3/h6-7,9H,4-5,8H2,1-3H3,(H,19,20,21). The summed E-state index contributed by atoms with van der Waals surface area (Å²) in [6.45, 7) is 2.65. The SMILES string of the molecule is CCCCOc1cc(-c2nc(SC)[nH]c(=O)c2C#N)ccc1OC. The number of nitrogens with one attached hydrogen (secondary N) is 1. The van der Waals surface area contributed by atoms with Gasteiger partial charge in [-0.2, -0.15) is 5.26 Å². The van der Waals surface area contributed by atoms with Crippen molar-refractivity contribution in [2.24, 2.45) is 0 Å². The molecule has 2 rings (SSSR count). The summed E-state index contributed by atoms with van der Waals surface area (Å²) < 4.78 is 11.1. The third-order valence-corrected chi connectivity index (χ3v) is 3.98. The molecule has 6 nitrogen and oxygen atoms in total. The number of hydrogen-bond donors (Lipinski definition) is 1. The van der Waals surface area contributed by atoms with Gasteiger partial charge in [-0.25, -0.2) is 4.98 Å². The highest BCUT2D eigenvalue weighted by molar-refractivity contribution is 7.98. The molecule has 1 heterocycles. The molecule has 126 valence electrons. The zero-order valence-electron chi connectivity index (χ0n) is 13.9. The number of aromatic nitrogens is 2. The third-order valence-electron chi connectivity index (χ3n) is 3.40. The normalized spacial score (nSPS) is 10.2. The molecule has 0 atom stereocenters. The molecule has 0 unspecified atom stereocenters. The van der Waals surface area contributed by atoms with E-state index in [2.05, 4.69) is 16.9 Å². The van der Waals surface area contributed by atoms with Crippen molar-refractivity contribution < 1.29 is 9.47 Å². The maximum absolute atomic E-state index is 12.1. The third kappa shape index (κ3) is 3.89. The van der Waals surface area contributed by atoms with Gasteiger partial charge in [0.1, 0.15) is 11.6 Å². The lowest BCUT2D eigenvalue weighted by molar-refractivity contribution is 0.288. The minimum absolute atomic E-state index is 0.0162. The summed E-state index contributed by atoms with van der Waals surface area (Å²) in [4.78, 5) is 19.0. The van der Waals surface area contributed by atoms with Crippen LogP contribution in [-0.2, 0) is 0 Å². The number of thioether (sulfide) groups is 1. The summed E-state index contributed by atoms with van der Waals surface area (Å²) >= 11 is 1.31. The van der Waals surface area contributed by atoms with E-state index in [0.717, 1.165) is 12.8 Å².